The quantitative estimate of drug-likeness (QED) is 0.943. The molecule has 6 nitrogen and oxygen atoms in total. The zero-order chi connectivity index (χ0) is 15.6. The molecule has 0 bridgehead atoms. The molecule has 0 saturated carbocycles. The number of fused-ring (bicyclic) bond motifs is 1. The molecule has 0 atom stereocenters. The predicted octanol–water partition coefficient (Wildman–Crippen LogP) is 2.46. The first-order valence-electron chi connectivity index (χ1n) is 8.51. The van der Waals surface area contributed by atoms with Gasteiger partial charge in [-0.2, -0.15) is 5.10 Å². The summed E-state index contributed by atoms with van der Waals surface area (Å²) in [6.07, 6.45) is 5.80. The second-order valence-electron chi connectivity index (χ2n) is 6.55. The Labute approximate surface area is 137 Å². The first-order valence-corrected chi connectivity index (χ1v) is 8.51. The van der Waals surface area contributed by atoms with Gasteiger partial charge in [-0.3, -0.25) is 9.58 Å². The molecular formula is C17H24N6. The van der Waals surface area contributed by atoms with Crippen molar-refractivity contribution < 1.29 is 0 Å². The highest BCUT2D eigenvalue weighted by Crippen LogP contribution is 2.24. The first kappa shape index (κ1) is 14.5. The van der Waals surface area contributed by atoms with Gasteiger partial charge in [0.25, 0.3) is 0 Å². The minimum Gasteiger partial charge on any atom is -0.371 e. The summed E-state index contributed by atoms with van der Waals surface area (Å²) in [6, 6.07) is 6.37. The van der Waals surface area contributed by atoms with Crippen molar-refractivity contribution in [2.24, 2.45) is 0 Å². The van der Waals surface area contributed by atoms with Crippen LogP contribution in [0.1, 0.15) is 25.0 Å². The molecule has 0 unspecified atom stereocenters. The Bertz CT molecular complexity index is 673. The van der Waals surface area contributed by atoms with Gasteiger partial charge in [-0.05, 0) is 32.4 Å². The Morgan fingerprint density at radius 1 is 1.00 bits per heavy atom. The third kappa shape index (κ3) is 3.17. The van der Waals surface area contributed by atoms with Crippen molar-refractivity contribution in [1.29, 1.82) is 0 Å². The van der Waals surface area contributed by atoms with E-state index in [9.17, 15) is 0 Å². The number of hydrogen-bond acceptors (Lipinski definition) is 5. The smallest absolute Gasteiger partial charge is 0.153 e. The molecule has 2 aliphatic heterocycles. The van der Waals surface area contributed by atoms with E-state index >= 15 is 0 Å². The second-order valence-corrected chi connectivity index (χ2v) is 6.55. The van der Waals surface area contributed by atoms with Gasteiger partial charge in [0, 0.05) is 50.2 Å². The van der Waals surface area contributed by atoms with E-state index in [0.717, 1.165) is 44.4 Å². The lowest BCUT2D eigenvalue weighted by Crippen LogP contribution is -2.30. The molecule has 23 heavy (non-hydrogen) atoms. The largest absolute Gasteiger partial charge is 0.371 e. The van der Waals surface area contributed by atoms with Crippen molar-refractivity contribution in [3.8, 4) is 0 Å². The van der Waals surface area contributed by atoms with Crippen LogP contribution in [0.2, 0.25) is 0 Å². The normalized spacial score (nSPS) is 18.7. The Kier molecular flexibility index (Phi) is 3.91. The summed E-state index contributed by atoms with van der Waals surface area (Å²) < 4.78 is 2.09. The van der Waals surface area contributed by atoms with Crippen LogP contribution < -0.4 is 10.2 Å². The van der Waals surface area contributed by atoms with E-state index in [-0.39, 0.29) is 0 Å². The molecule has 2 aliphatic rings. The van der Waals surface area contributed by atoms with E-state index < -0.39 is 0 Å². The number of nitrogens with one attached hydrogen (secondary N) is 1. The van der Waals surface area contributed by atoms with Crippen LogP contribution in [0.25, 0.3) is 0 Å². The number of anilines is 3. The van der Waals surface area contributed by atoms with Gasteiger partial charge >= 0.3 is 0 Å². The maximum atomic E-state index is 4.65. The standard InChI is InChI=1S/C17H24N6/c1-21-9-10-23-15(13-21)12-17(20-23)19-16-11-14(5-6-18-16)22-7-3-2-4-8-22/h5-6,11-12H,2-4,7-10,13H2,1H3,(H,18,19,20). The van der Waals surface area contributed by atoms with Gasteiger partial charge in [-0.1, -0.05) is 0 Å². The van der Waals surface area contributed by atoms with Crippen molar-refractivity contribution >= 4 is 17.3 Å². The first-order chi connectivity index (χ1) is 11.3. The Morgan fingerprint density at radius 2 is 1.87 bits per heavy atom. The van der Waals surface area contributed by atoms with Crippen molar-refractivity contribution in [1.82, 2.24) is 19.7 Å². The summed E-state index contributed by atoms with van der Waals surface area (Å²) in [6.45, 7) is 5.25. The lowest BCUT2D eigenvalue weighted by molar-refractivity contribution is 0.259. The number of likely N-dealkylation sites (N-methyl/N-ethyl adjacent to an activating group) is 1. The molecule has 1 saturated heterocycles. The Morgan fingerprint density at radius 3 is 2.74 bits per heavy atom. The number of aromatic nitrogens is 3. The van der Waals surface area contributed by atoms with Crippen LogP contribution in [0.5, 0.6) is 0 Å². The van der Waals surface area contributed by atoms with E-state index in [2.05, 4.69) is 55.1 Å². The summed E-state index contributed by atoms with van der Waals surface area (Å²) in [5, 5.41) is 8.02. The van der Waals surface area contributed by atoms with E-state index in [1.807, 2.05) is 6.20 Å². The summed E-state index contributed by atoms with van der Waals surface area (Å²) in [5.74, 6) is 1.76. The maximum absolute atomic E-state index is 4.65. The molecule has 122 valence electrons. The third-order valence-electron chi connectivity index (χ3n) is 4.71. The van der Waals surface area contributed by atoms with Crippen molar-refractivity contribution in [3.05, 3.63) is 30.1 Å². The maximum Gasteiger partial charge on any atom is 0.153 e. The molecular weight excluding hydrogens is 288 g/mol. The van der Waals surface area contributed by atoms with E-state index in [0.29, 0.717) is 0 Å². The number of piperidine rings is 1. The van der Waals surface area contributed by atoms with Gasteiger partial charge in [-0.15, -0.1) is 0 Å². The van der Waals surface area contributed by atoms with Crippen LogP contribution >= 0.6 is 0 Å². The van der Waals surface area contributed by atoms with Crippen LogP contribution in [0.15, 0.2) is 24.4 Å². The van der Waals surface area contributed by atoms with Gasteiger partial charge in [0.2, 0.25) is 0 Å². The van der Waals surface area contributed by atoms with Gasteiger partial charge in [-0.25, -0.2) is 4.98 Å². The van der Waals surface area contributed by atoms with Crippen LogP contribution in [0.3, 0.4) is 0 Å². The van der Waals surface area contributed by atoms with Crippen LogP contribution in [0, 0.1) is 0 Å². The molecule has 4 heterocycles. The topological polar surface area (TPSA) is 49.2 Å². The fraction of sp³-hybridized carbons (Fsp3) is 0.529. The van der Waals surface area contributed by atoms with Crippen molar-refractivity contribution in [3.63, 3.8) is 0 Å². The van der Waals surface area contributed by atoms with Crippen LogP contribution in [-0.4, -0.2) is 46.3 Å². The van der Waals surface area contributed by atoms with Crippen molar-refractivity contribution in [2.45, 2.75) is 32.4 Å². The number of rotatable bonds is 3. The molecule has 1 N–H and O–H groups in total. The summed E-state index contributed by atoms with van der Waals surface area (Å²) in [5.41, 5.74) is 2.51. The van der Waals surface area contributed by atoms with Gasteiger partial charge in [0.05, 0.1) is 12.2 Å². The highest BCUT2D eigenvalue weighted by atomic mass is 15.4. The fourth-order valence-corrected chi connectivity index (χ4v) is 3.43. The molecule has 0 amide bonds. The average Bonchev–Trinajstić information content (AvgIpc) is 2.97. The van der Waals surface area contributed by atoms with Gasteiger partial charge in [0.1, 0.15) is 5.82 Å². The molecule has 0 spiro atoms. The Hall–Kier alpha value is -2.08. The third-order valence-corrected chi connectivity index (χ3v) is 4.71. The number of hydrogen-bond donors (Lipinski definition) is 1. The summed E-state index contributed by atoms with van der Waals surface area (Å²) in [4.78, 5) is 9.22. The van der Waals surface area contributed by atoms with Crippen molar-refractivity contribution in [2.75, 3.05) is 36.9 Å². The van der Waals surface area contributed by atoms with E-state index in [4.69, 9.17) is 0 Å². The lowest BCUT2D eigenvalue weighted by Gasteiger charge is -2.28. The molecule has 0 radical (unpaired) electrons. The lowest BCUT2D eigenvalue weighted by atomic mass is 10.1. The monoisotopic (exact) mass is 312 g/mol. The number of nitrogens with zero attached hydrogens (tertiary/aromatic N) is 5. The highest BCUT2D eigenvalue weighted by molar-refractivity contribution is 5.59. The molecule has 2 aromatic rings. The molecule has 2 aromatic heterocycles. The second kappa shape index (κ2) is 6.20. The Balaban J connectivity index is 1.50. The molecule has 4 rings (SSSR count). The molecule has 0 aromatic carbocycles. The summed E-state index contributed by atoms with van der Waals surface area (Å²) >= 11 is 0. The minimum atomic E-state index is 0.872. The van der Waals surface area contributed by atoms with Crippen LogP contribution in [0.4, 0.5) is 17.3 Å². The van der Waals surface area contributed by atoms with Gasteiger partial charge in [0.15, 0.2) is 5.82 Å². The molecule has 1 fully saturated rings. The van der Waals surface area contributed by atoms with E-state index in [1.165, 1.54) is 30.6 Å². The fourth-order valence-electron chi connectivity index (χ4n) is 3.43. The number of pyridine rings is 1. The zero-order valence-electron chi connectivity index (χ0n) is 13.7. The van der Waals surface area contributed by atoms with E-state index in [1.54, 1.807) is 0 Å². The predicted molar refractivity (Wildman–Crippen MR) is 92.1 cm³/mol. The highest BCUT2D eigenvalue weighted by Gasteiger charge is 2.16. The summed E-state index contributed by atoms with van der Waals surface area (Å²) in [7, 11) is 2.15. The average molecular weight is 312 g/mol. The SMILES string of the molecule is CN1CCn2nc(Nc3cc(N4CCCCC4)ccn3)cc2C1. The van der Waals surface area contributed by atoms with Crippen LogP contribution in [-0.2, 0) is 13.1 Å². The zero-order valence-corrected chi connectivity index (χ0v) is 13.7. The van der Waals surface area contributed by atoms with Gasteiger partial charge < -0.3 is 10.2 Å². The minimum absolute atomic E-state index is 0.872. The molecule has 0 aliphatic carbocycles. The molecule has 6 heteroatoms.